The van der Waals surface area contributed by atoms with Gasteiger partial charge < -0.3 is 9.47 Å². The Hall–Kier alpha value is -2.18. The highest BCUT2D eigenvalue weighted by molar-refractivity contribution is 14.1. The highest BCUT2D eigenvalue weighted by atomic mass is 127. The molecule has 0 saturated carbocycles. The number of benzene rings is 4. The topological polar surface area (TPSA) is 59.9 Å². The van der Waals surface area contributed by atoms with E-state index in [1.165, 1.54) is 17.9 Å². The van der Waals surface area contributed by atoms with Gasteiger partial charge in [0.2, 0.25) is 0 Å². The maximum Gasteiger partial charge on any atom is 0.275 e. The predicted octanol–water partition coefficient (Wildman–Crippen LogP) is 7.16. The van der Waals surface area contributed by atoms with Crippen LogP contribution >= 0.6 is 61.1 Å². The van der Waals surface area contributed by atoms with Crippen LogP contribution in [0.4, 0.5) is 0 Å². The molecule has 0 spiro atoms. The number of nitrogens with zero attached hydrogens (tertiary/aromatic N) is 1. The fourth-order valence-corrected chi connectivity index (χ4v) is 5.93. The van der Waals surface area contributed by atoms with Crippen LogP contribution in [0.5, 0.6) is 11.5 Å². The van der Waals surface area contributed by atoms with E-state index >= 15 is 0 Å². The maximum atomic E-state index is 12.5. The van der Waals surface area contributed by atoms with Crippen LogP contribution in [0.25, 0.3) is 10.8 Å². The summed E-state index contributed by atoms with van der Waals surface area (Å²) < 4.78 is 14.2. The molecular formula is C26H19BrI2N2O3. The zero-order valence-corrected chi connectivity index (χ0v) is 23.9. The van der Waals surface area contributed by atoms with Gasteiger partial charge in [-0.25, -0.2) is 5.43 Å². The van der Waals surface area contributed by atoms with Crippen LogP contribution in [0.3, 0.4) is 0 Å². The predicted molar refractivity (Wildman–Crippen MR) is 156 cm³/mol. The molecule has 0 aliphatic carbocycles. The number of carbonyl (C=O) groups is 1. The fourth-order valence-electron chi connectivity index (χ4n) is 3.44. The van der Waals surface area contributed by atoms with Gasteiger partial charge in [0.1, 0.15) is 18.1 Å². The molecule has 0 radical (unpaired) electrons. The first-order valence-electron chi connectivity index (χ1n) is 10.2. The van der Waals surface area contributed by atoms with Crippen molar-refractivity contribution < 1.29 is 14.3 Å². The first-order valence-corrected chi connectivity index (χ1v) is 13.2. The van der Waals surface area contributed by atoms with Crippen LogP contribution in [-0.2, 0) is 6.61 Å². The molecule has 0 aliphatic heterocycles. The first-order chi connectivity index (χ1) is 16.5. The number of carbonyl (C=O) groups excluding carboxylic acids is 1. The van der Waals surface area contributed by atoms with Gasteiger partial charge in [0.15, 0.2) is 0 Å². The molecular weight excluding hydrogens is 722 g/mol. The Labute approximate surface area is 233 Å². The molecule has 4 aromatic rings. The van der Waals surface area contributed by atoms with Crippen molar-refractivity contribution in [2.75, 3.05) is 7.11 Å². The van der Waals surface area contributed by atoms with Crippen molar-refractivity contribution in [1.82, 2.24) is 5.43 Å². The first kappa shape index (κ1) is 24.9. The van der Waals surface area contributed by atoms with E-state index in [0.29, 0.717) is 17.9 Å². The van der Waals surface area contributed by atoms with Crippen LogP contribution in [-0.4, -0.2) is 19.2 Å². The molecule has 8 heteroatoms. The van der Waals surface area contributed by atoms with Crippen molar-refractivity contribution >= 4 is 84.0 Å². The molecule has 4 rings (SSSR count). The highest BCUT2D eigenvalue weighted by Crippen LogP contribution is 2.30. The lowest BCUT2D eigenvalue weighted by Crippen LogP contribution is -2.18. The van der Waals surface area contributed by atoms with E-state index in [1.807, 2.05) is 30.3 Å². The minimum atomic E-state index is -0.353. The second-order valence-electron chi connectivity index (χ2n) is 7.28. The largest absolute Gasteiger partial charge is 0.496 e. The third-order valence-corrected chi connectivity index (χ3v) is 7.15. The number of hydrazone groups is 1. The van der Waals surface area contributed by atoms with E-state index < -0.39 is 0 Å². The molecule has 4 aromatic carbocycles. The number of amides is 1. The Kier molecular flexibility index (Phi) is 8.43. The van der Waals surface area contributed by atoms with Gasteiger partial charge in [-0.3, -0.25) is 4.79 Å². The minimum Gasteiger partial charge on any atom is -0.496 e. The maximum absolute atomic E-state index is 12.5. The number of fused-ring (bicyclic) bond motifs is 1. The normalized spacial score (nSPS) is 11.1. The second-order valence-corrected chi connectivity index (χ2v) is 10.5. The van der Waals surface area contributed by atoms with Crippen LogP contribution in [0.1, 0.15) is 21.5 Å². The molecule has 0 saturated heterocycles. The quantitative estimate of drug-likeness (QED) is 0.124. The third kappa shape index (κ3) is 5.89. The van der Waals surface area contributed by atoms with Gasteiger partial charge in [0, 0.05) is 4.47 Å². The number of ether oxygens (including phenoxy) is 2. The fraction of sp³-hybridized carbons (Fsp3) is 0.0769. The van der Waals surface area contributed by atoms with Crippen molar-refractivity contribution in [3.8, 4) is 11.5 Å². The Bertz CT molecular complexity index is 1360. The summed E-state index contributed by atoms with van der Waals surface area (Å²) >= 11 is 7.89. The summed E-state index contributed by atoms with van der Waals surface area (Å²) in [7, 11) is 1.52. The lowest BCUT2D eigenvalue weighted by Gasteiger charge is -2.13. The molecule has 172 valence electrons. The second kappa shape index (κ2) is 11.5. The van der Waals surface area contributed by atoms with Crippen LogP contribution in [0.15, 0.2) is 82.4 Å². The summed E-state index contributed by atoms with van der Waals surface area (Å²) in [4.78, 5) is 12.5. The number of nitrogens with one attached hydrogen (secondary N) is 1. The van der Waals surface area contributed by atoms with Crippen molar-refractivity contribution in [2.24, 2.45) is 5.10 Å². The Morgan fingerprint density at radius 1 is 1.03 bits per heavy atom. The summed E-state index contributed by atoms with van der Waals surface area (Å²) in [6, 6.07) is 23.7. The van der Waals surface area contributed by atoms with Gasteiger partial charge in [0.05, 0.1) is 26.0 Å². The molecule has 0 aromatic heterocycles. The standard InChI is InChI=1S/C26H19BrI2N2O3/c1-33-24-10-9-19(27)13-21(24)26(32)31-30-14-16-11-22(28)25(23(29)12-16)34-15-18-7-4-6-17-5-2-3-8-20(17)18/h2-14H,15H2,1H3,(H,31,32)/b30-14-. The van der Waals surface area contributed by atoms with E-state index in [-0.39, 0.29) is 5.91 Å². The van der Waals surface area contributed by atoms with Crippen LogP contribution in [0, 0.1) is 7.14 Å². The summed E-state index contributed by atoms with van der Waals surface area (Å²) in [6.07, 6.45) is 1.61. The minimum absolute atomic E-state index is 0.353. The Morgan fingerprint density at radius 3 is 2.53 bits per heavy atom. The van der Waals surface area contributed by atoms with Gasteiger partial charge in [-0.1, -0.05) is 58.4 Å². The van der Waals surface area contributed by atoms with Crippen molar-refractivity contribution in [2.45, 2.75) is 6.61 Å². The van der Waals surface area contributed by atoms with Crippen molar-refractivity contribution in [3.05, 3.63) is 101 Å². The average Bonchev–Trinajstić information content (AvgIpc) is 2.83. The van der Waals surface area contributed by atoms with E-state index in [1.54, 1.807) is 18.3 Å². The number of methoxy groups -OCH3 is 1. The zero-order chi connectivity index (χ0) is 24.1. The number of hydrogen-bond acceptors (Lipinski definition) is 4. The smallest absolute Gasteiger partial charge is 0.275 e. The zero-order valence-electron chi connectivity index (χ0n) is 18.0. The molecule has 1 N–H and O–H groups in total. The lowest BCUT2D eigenvalue weighted by molar-refractivity contribution is 0.0952. The average molecular weight is 741 g/mol. The van der Waals surface area contributed by atoms with Gasteiger partial charge in [-0.2, -0.15) is 5.10 Å². The van der Waals surface area contributed by atoms with E-state index in [4.69, 9.17) is 9.47 Å². The third-order valence-electron chi connectivity index (χ3n) is 5.06. The van der Waals surface area contributed by atoms with Crippen molar-refractivity contribution in [3.63, 3.8) is 0 Å². The Balaban J connectivity index is 1.46. The van der Waals surface area contributed by atoms with Gasteiger partial charge in [-0.15, -0.1) is 0 Å². The number of rotatable bonds is 7. The molecule has 1 amide bonds. The van der Waals surface area contributed by atoms with Crippen LogP contribution < -0.4 is 14.9 Å². The number of hydrogen-bond donors (Lipinski definition) is 1. The van der Waals surface area contributed by atoms with Crippen LogP contribution in [0.2, 0.25) is 0 Å². The highest BCUT2D eigenvalue weighted by Gasteiger charge is 2.13. The van der Waals surface area contributed by atoms with Crippen molar-refractivity contribution in [1.29, 1.82) is 0 Å². The monoisotopic (exact) mass is 740 g/mol. The molecule has 0 heterocycles. The Morgan fingerprint density at radius 2 is 1.76 bits per heavy atom. The molecule has 5 nitrogen and oxygen atoms in total. The molecule has 0 aliphatic rings. The van der Waals surface area contributed by atoms with Gasteiger partial charge in [0.25, 0.3) is 5.91 Å². The summed E-state index contributed by atoms with van der Waals surface area (Å²) in [6.45, 7) is 0.477. The summed E-state index contributed by atoms with van der Waals surface area (Å²) in [5.41, 5.74) is 4.95. The summed E-state index contributed by atoms with van der Waals surface area (Å²) in [5.74, 6) is 0.954. The van der Waals surface area contributed by atoms with Gasteiger partial charge >= 0.3 is 0 Å². The molecule has 0 atom stereocenters. The molecule has 0 unspecified atom stereocenters. The number of halogens is 3. The lowest BCUT2D eigenvalue weighted by atomic mass is 10.1. The molecule has 34 heavy (non-hydrogen) atoms. The molecule has 0 fully saturated rings. The SMILES string of the molecule is COc1ccc(Br)cc1C(=O)N/N=C\c1cc(I)c(OCc2cccc3ccccc23)c(I)c1. The summed E-state index contributed by atoms with van der Waals surface area (Å²) in [5, 5.41) is 6.51. The van der Waals surface area contributed by atoms with E-state index in [2.05, 4.69) is 102 Å². The van der Waals surface area contributed by atoms with Gasteiger partial charge in [-0.05, 0) is 97.4 Å². The molecule has 0 bridgehead atoms. The van der Waals surface area contributed by atoms with E-state index in [0.717, 1.165) is 28.5 Å². The van der Waals surface area contributed by atoms with E-state index in [9.17, 15) is 4.79 Å².